The van der Waals surface area contributed by atoms with Crippen LogP contribution in [0.3, 0.4) is 0 Å². The van der Waals surface area contributed by atoms with Gasteiger partial charge in [-0.25, -0.2) is 9.18 Å². The van der Waals surface area contributed by atoms with Gasteiger partial charge in [-0.2, -0.15) is 5.26 Å². The van der Waals surface area contributed by atoms with Crippen LogP contribution in [-0.2, 0) is 4.79 Å². The number of nitriles is 1. The normalized spacial score (nSPS) is 15.4. The average Bonchev–Trinajstić information content (AvgIpc) is 3.07. The lowest BCUT2D eigenvalue weighted by Crippen LogP contribution is -2.22. The standard InChI is InChI=1S/C21H13FN2O3S/c22-14-3-1-2-13(8-14)17-18-19(28-20(17)21(26)27)15(9-16(25)24-18)12-6-4-11(10-23)5-7-12/h1-8,15H,9H2,(H,24,25)(H,26,27). The van der Waals surface area contributed by atoms with Gasteiger partial charge in [-0.15, -0.1) is 11.3 Å². The van der Waals surface area contributed by atoms with E-state index >= 15 is 0 Å². The van der Waals surface area contributed by atoms with Gasteiger partial charge in [-0.05, 0) is 35.4 Å². The molecule has 2 aromatic carbocycles. The first kappa shape index (κ1) is 17.9. The Morgan fingerprint density at radius 1 is 1.25 bits per heavy atom. The topological polar surface area (TPSA) is 90.2 Å². The smallest absolute Gasteiger partial charge is 0.346 e. The van der Waals surface area contributed by atoms with Crippen molar-refractivity contribution in [1.82, 2.24) is 0 Å². The van der Waals surface area contributed by atoms with Gasteiger partial charge in [-0.3, -0.25) is 4.79 Å². The SMILES string of the molecule is N#Cc1ccc(C2CC(=O)Nc3c2sc(C(=O)O)c3-c2cccc(F)c2)cc1. The Morgan fingerprint density at radius 2 is 2.00 bits per heavy atom. The summed E-state index contributed by atoms with van der Waals surface area (Å²) in [5.41, 5.74) is 2.45. The molecule has 28 heavy (non-hydrogen) atoms. The number of carboxylic acids is 1. The largest absolute Gasteiger partial charge is 0.477 e. The number of fused-ring (bicyclic) bond motifs is 1. The first-order chi connectivity index (χ1) is 13.5. The first-order valence-corrected chi connectivity index (χ1v) is 9.25. The van der Waals surface area contributed by atoms with E-state index in [1.54, 1.807) is 30.3 Å². The molecule has 1 aliphatic heterocycles. The summed E-state index contributed by atoms with van der Waals surface area (Å²) in [5.74, 6) is -2.19. The number of aromatic carboxylic acids is 1. The highest BCUT2D eigenvalue weighted by molar-refractivity contribution is 7.15. The number of hydrogen-bond acceptors (Lipinski definition) is 4. The van der Waals surface area contributed by atoms with Crippen LogP contribution in [0.5, 0.6) is 0 Å². The Balaban J connectivity index is 1.92. The molecule has 1 aliphatic rings. The molecular formula is C21H13FN2O3S. The van der Waals surface area contributed by atoms with Gasteiger partial charge in [0, 0.05) is 22.8 Å². The molecule has 0 saturated heterocycles. The van der Waals surface area contributed by atoms with Crippen LogP contribution >= 0.6 is 11.3 Å². The second-order valence-electron chi connectivity index (χ2n) is 6.40. The van der Waals surface area contributed by atoms with Crippen molar-refractivity contribution in [1.29, 1.82) is 5.26 Å². The zero-order chi connectivity index (χ0) is 19.8. The zero-order valence-corrected chi connectivity index (χ0v) is 15.2. The summed E-state index contributed by atoms with van der Waals surface area (Å²) < 4.78 is 13.8. The highest BCUT2D eigenvalue weighted by Crippen LogP contribution is 2.49. The minimum atomic E-state index is -1.13. The number of carbonyl (C=O) groups is 2. The second-order valence-corrected chi connectivity index (χ2v) is 7.45. The third-order valence-corrected chi connectivity index (χ3v) is 5.95. The highest BCUT2D eigenvalue weighted by atomic mass is 32.1. The predicted molar refractivity (Wildman–Crippen MR) is 103 cm³/mol. The number of halogens is 1. The fraction of sp³-hybridized carbons (Fsp3) is 0.0952. The molecule has 2 N–H and O–H groups in total. The van der Waals surface area contributed by atoms with Crippen molar-refractivity contribution in [2.45, 2.75) is 12.3 Å². The third-order valence-electron chi connectivity index (χ3n) is 4.66. The fourth-order valence-electron chi connectivity index (χ4n) is 3.42. The van der Waals surface area contributed by atoms with Crippen LogP contribution in [0.4, 0.5) is 10.1 Å². The van der Waals surface area contributed by atoms with Crippen LogP contribution in [0, 0.1) is 17.1 Å². The molecule has 1 unspecified atom stereocenters. The number of carbonyl (C=O) groups excluding carboxylic acids is 1. The van der Waals surface area contributed by atoms with Crippen molar-refractivity contribution in [3.8, 4) is 17.2 Å². The van der Waals surface area contributed by atoms with Crippen LogP contribution < -0.4 is 5.32 Å². The van der Waals surface area contributed by atoms with Gasteiger partial charge >= 0.3 is 5.97 Å². The summed E-state index contributed by atoms with van der Waals surface area (Å²) in [6.45, 7) is 0. The maximum absolute atomic E-state index is 13.8. The molecule has 5 nitrogen and oxygen atoms in total. The molecular weight excluding hydrogens is 379 g/mol. The molecule has 0 spiro atoms. The van der Waals surface area contributed by atoms with Crippen molar-refractivity contribution >= 4 is 28.9 Å². The van der Waals surface area contributed by atoms with Crippen LogP contribution in [0.1, 0.15) is 38.0 Å². The minimum absolute atomic E-state index is 0.0523. The molecule has 7 heteroatoms. The summed E-state index contributed by atoms with van der Waals surface area (Å²) in [7, 11) is 0. The molecule has 138 valence electrons. The average molecular weight is 392 g/mol. The number of benzene rings is 2. The Kier molecular flexibility index (Phi) is 4.41. The Hall–Kier alpha value is -3.50. The van der Waals surface area contributed by atoms with Gasteiger partial charge in [0.25, 0.3) is 0 Å². The number of rotatable bonds is 3. The van der Waals surface area contributed by atoms with Crippen LogP contribution in [0.15, 0.2) is 48.5 Å². The lowest BCUT2D eigenvalue weighted by Gasteiger charge is -2.24. The molecule has 4 rings (SSSR count). The van der Waals surface area contributed by atoms with E-state index in [4.69, 9.17) is 5.26 Å². The quantitative estimate of drug-likeness (QED) is 0.682. The van der Waals surface area contributed by atoms with Gasteiger partial charge in [0.2, 0.25) is 5.91 Å². The summed E-state index contributed by atoms with van der Waals surface area (Å²) >= 11 is 1.08. The summed E-state index contributed by atoms with van der Waals surface area (Å²) in [6.07, 6.45) is 0.168. The van der Waals surface area contributed by atoms with Crippen LogP contribution in [-0.4, -0.2) is 17.0 Å². The van der Waals surface area contributed by atoms with Crippen LogP contribution in [0.2, 0.25) is 0 Å². The van der Waals surface area contributed by atoms with Gasteiger partial charge in [0.15, 0.2) is 0 Å². The lowest BCUT2D eigenvalue weighted by atomic mass is 9.88. The number of anilines is 1. The second kappa shape index (κ2) is 6.91. The fourth-order valence-corrected chi connectivity index (χ4v) is 4.66. The molecule has 1 aromatic heterocycles. The van der Waals surface area contributed by atoms with Crippen molar-refractivity contribution < 1.29 is 19.1 Å². The summed E-state index contributed by atoms with van der Waals surface area (Å²) in [4.78, 5) is 25.0. The van der Waals surface area contributed by atoms with E-state index in [2.05, 4.69) is 11.4 Å². The lowest BCUT2D eigenvalue weighted by molar-refractivity contribution is -0.116. The van der Waals surface area contributed by atoms with E-state index in [-0.39, 0.29) is 23.1 Å². The van der Waals surface area contributed by atoms with Gasteiger partial charge < -0.3 is 10.4 Å². The number of thiophene rings is 1. The van der Waals surface area contributed by atoms with Gasteiger partial charge in [-0.1, -0.05) is 24.3 Å². The molecule has 0 radical (unpaired) electrons. The number of hydrogen-bond donors (Lipinski definition) is 2. The maximum atomic E-state index is 13.8. The molecule has 0 aliphatic carbocycles. The molecule has 2 heterocycles. The molecule has 0 bridgehead atoms. The molecule has 0 fully saturated rings. The predicted octanol–water partition coefficient (Wildman–Crippen LogP) is 4.60. The Labute approximate surface area is 163 Å². The van der Waals surface area contributed by atoms with Crippen molar-refractivity contribution in [2.24, 2.45) is 0 Å². The molecule has 3 aromatic rings. The minimum Gasteiger partial charge on any atom is -0.477 e. The Morgan fingerprint density at radius 3 is 2.64 bits per heavy atom. The Bertz CT molecular complexity index is 1150. The third kappa shape index (κ3) is 3.04. The highest BCUT2D eigenvalue weighted by Gasteiger charge is 2.34. The monoisotopic (exact) mass is 392 g/mol. The van der Waals surface area contributed by atoms with E-state index in [1.165, 1.54) is 18.2 Å². The van der Waals surface area contributed by atoms with E-state index in [9.17, 15) is 19.1 Å². The number of nitrogens with one attached hydrogen (secondary N) is 1. The molecule has 1 amide bonds. The van der Waals surface area contributed by atoms with Crippen LogP contribution in [0.25, 0.3) is 11.1 Å². The van der Waals surface area contributed by atoms with Crippen molar-refractivity contribution in [3.05, 3.63) is 75.2 Å². The zero-order valence-electron chi connectivity index (χ0n) is 14.4. The van der Waals surface area contributed by atoms with Crippen molar-refractivity contribution in [3.63, 3.8) is 0 Å². The number of nitrogens with zero attached hydrogens (tertiary/aromatic N) is 1. The first-order valence-electron chi connectivity index (χ1n) is 8.43. The number of carboxylic acid groups (broad SMARTS) is 1. The van der Waals surface area contributed by atoms with E-state index < -0.39 is 11.8 Å². The van der Waals surface area contributed by atoms with Gasteiger partial charge in [0.1, 0.15) is 10.7 Å². The summed E-state index contributed by atoms with van der Waals surface area (Å²) in [5, 5.41) is 21.5. The molecule has 0 saturated carbocycles. The van der Waals surface area contributed by atoms with Gasteiger partial charge in [0.05, 0.1) is 17.3 Å². The molecule has 1 atom stereocenters. The maximum Gasteiger partial charge on any atom is 0.346 e. The van der Waals surface area contributed by atoms with E-state index in [0.717, 1.165) is 16.9 Å². The van der Waals surface area contributed by atoms with Crippen molar-refractivity contribution in [2.75, 3.05) is 5.32 Å². The number of amides is 1. The van der Waals surface area contributed by atoms with E-state index in [1.807, 2.05) is 0 Å². The van der Waals surface area contributed by atoms with E-state index in [0.29, 0.717) is 27.3 Å². The summed E-state index contributed by atoms with van der Waals surface area (Å²) in [6, 6.07) is 14.6.